The second kappa shape index (κ2) is 12.6. The second-order valence-electron chi connectivity index (χ2n) is 3.84. The molecular formula is C11H23BO6. The maximum absolute atomic E-state index is 10.6. The first-order valence-electron chi connectivity index (χ1n) is 5.82. The Balaban J connectivity index is 0. The molecule has 7 heteroatoms. The summed E-state index contributed by atoms with van der Waals surface area (Å²) in [5.41, 5.74) is 0.273. The van der Waals surface area contributed by atoms with Crippen molar-refractivity contribution in [2.75, 3.05) is 13.2 Å². The molecule has 0 aromatic rings. The van der Waals surface area contributed by atoms with E-state index in [1.165, 1.54) is 6.92 Å². The van der Waals surface area contributed by atoms with Gasteiger partial charge in [0.05, 0.1) is 6.61 Å². The number of aliphatic hydroxyl groups excluding tert-OH is 2. The SMILES string of the molecule is C=C(C)C(=O)OCC(O)CO.CCCCB(O)O. The number of hydrogen-bond donors (Lipinski definition) is 4. The van der Waals surface area contributed by atoms with Crippen LogP contribution in [0.3, 0.4) is 0 Å². The topological polar surface area (TPSA) is 107 Å². The normalized spacial score (nSPS) is 11.0. The molecule has 106 valence electrons. The van der Waals surface area contributed by atoms with Crippen molar-refractivity contribution in [3.05, 3.63) is 12.2 Å². The number of ether oxygens (including phenoxy) is 1. The number of esters is 1. The van der Waals surface area contributed by atoms with Crippen LogP contribution in [0.4, 0.5) is 0 Å². The predicted molar refractivity (Wildman–Crippen MR) is 68.8 cm³/mol. The van der Waals surface area contributed by atoms with Crippen LogP contribution in [0.25, 0.3) is 0 Å². The third kappa shape index (κ3) is 15.1. The molecule has 0 aromatic heterocycles. The van der Waals surface area contributed by atoms with Crippen molar-refractivity contribution in [1.82, 2.24) is 0 Å². The van der Waals surface area contributed by atoms with E-state index in [1.807, 2.05) is 6.92 Å². The van der Waals surface area contributed by atoms with Gasteiger partial charge in [0.25, 0.3) is 0 Å². The van der Waals surface area contributed by atoms with Crippen LogP contribution >= 0.6 is 0 Å². The number of carbonyl (C=O) groups excluding carboxylic acids is 1. The molecular weight excluding hydrogens is 239 g/mol. The molecule has 0 aliphatic rings. The van der Waals surface area contributed by atoms with Gasteiger partial charge in [0, 0.05) is 5.57 Å². The maximum Gasteiger partial charge on any atom is 0.451 e. The van der Waals surface area contributed by atoms with E-state index in [9.17, 15) is 4.79 Å². The van der Waals surface area contributed by atoms with E-state index >= 15 is 0 Å². The van der Waals surface area contributed by atoms with Crippen LogP contribution in [0.2, 0.25) is 6.32 Å². The maximum atomic E-state index is 10.6. The minimum Gasteiger partial charge on any atom is -0.460 e. The number of unbranched alkanes of at least 4 members (excludes halogenated alkanes) is 1. The van der Waals surface area contributed by atoms with E-state index in [0.29, 0.717) is 6.32 Å². The van der Waals surface area contributed by atoms with Crippen molar-refractivity contribution in [2.45, 2.75) is 39.1 Å². The highest BCUT2D eigenvalue weighted by Gasteiger charge is 2.07. The van der Waals surface area contributed by atoms with Crippen molar-refractivity contribution >= 4 is 13.1 Å². The highest BCUT2D eigenvalue weighted by Crippen LogP contribution is 1.94. The lowest BCUT2D eigenvalue weighted by Gasteiger charge is -2.07. The van der Waals surface area contributed by atoms with Crippen LogP contribution in [0.1, 0.15) is 26.7 Å². The number of aliphatic hydroxyl groups is 2. The van der Waals surface area contributed by atoms with E-state index in [-0.39, 0.29) is 12.2 Å². The molecule has 1 unspecified atom stereocenters. The second-order valence-corrected chi connectivity index (χ2v) is 3.84. The molecule has 4 N–H and O–H groups in total. The Bertz CT molecular complexity index is 232. The molecule has 0 spiro atoms. The van der Waals surface area contributed by atoms with Gasteiger partial charge >= 0.3 is 13.1 Å². The quantitative estimate of drug-likeness (QED) is 0.285. The first kappa shape index (κ1) is 19.5. The van der Waals surface area contributed by atoms with Gasteiger partial charge in [-0.25, -0.2) is 4.79 Å². The van der Waals surface area contributed by atoms with Gasteiger partial charge in [-0.3, -0.25) is 0 Å². The zero-order valence-corrected chi connectivity index (χ0v) is 11.0. The highest BCUT2D eigenvalue weighted by molar-refractivity contribution is 6.40. The number of rotatable bonds is 7. The fraction of sp³-hybridized carbons (Fsp3) is 0.727. The van der Waals surface area contributed by atoms with Crippen molar-refractivity contribution in [3.8, 4) is 0 Å². The molecule has 0 heterocycles. The molecule has 1 atom stereocenters. The summed E-state index contributed by atoms with van der Waals surface area (Å²) in [7, 11) is -1.10. The molecule has 0 bridgehead atoms. The fourth-order valence-electron chi connectivity index (χ4n) is 0.734. The molecule has 0 aliphatic heterocycles. The van der Waals surface area contributed by atoms with E-state index in [1.54, 1.807) is 0 Å². The lowest BCUT2D eigenvalue weighted by atomic mass is 9.84. The first-order chi connectivity index (χ1) is 8.34. The van der Waals surface area contributed by atoms with Gasteiger partial charge in [0.2, 0.25) is 0 Å². The molecule has 0 fully saturated rings. The summed E-state index contributed by atoms with van der Waals surface area (Å²) in [6.07, 6.45) is 1.43. The molecule has 18 heavy (non-hydrogen) atoms. The Kier molecular flexibility index (Phi) is 13.6. The van der Waals surface area contributed by atoms with E-state index in [2.05, 4.69) is 11.3 Å². The highest BCUT2D eigenvalue weighted by atomic mass is 16.5. The van der Waals surface area contributed by atoms with Crippen LogP contribution in [-0.2, 0) is 9.53 Å². The zero-order chi connectivity index (χ0) is 14.6. The van der Waals surface area contributed by atoms with Gasteiger partial charge in [-0.1, -0.05) is 26.3 Å². The van der Waals surface area contributed by atoms with Crippen molar-refractivity contribution in [1.29, 1.82) is 0 Å². The van der Waals surface area contributed by atoms with Crippen LogP contribution < -0.4 is 0 Å². The van der Waals surface area contributed by atoms with Gasteiger partial charge in [-0.2, -0.15) is 0 Å². The van der Waals surface area contributed by atoms with E-state index < -0.39 is 25.8 Å². The largest absolute Gasteiger partial charge is 0.460 e. The summed E-state index contributed by atoms with van der Waals surface area (Å²) >= 11 is 0. The Hall–Kier alpha value is -0.885. The van der Waals surface area contributed by atoms with Crippen LogP contribution in [0.5, 0.6) is 0 Å². The summed E-state index contributed by atoms with van der Waals surface area (Å²) in [4.78, 5) is 10.6. The molecule has 0 saturated heterocycles. The van der Waals surface area contributed by atoms with Crippen molar-refractivity contribution in [2.24, 2.45) is 0 Å². The predicted octanol–water partition coefficient (Wildman–Crippen LogP) is -0.282. The number of carbonyl (C=O) groups is 1. The zero-order valence-electron chi connectivity index (χ0n) is 11.0. The Morgan fingerprint density at radius 2 is 2.00 bits per heavy atom. The molecule has 0 saturated carbocycles. The lowest BCUT2D eigenvalue weighted by molar-refractivity contribution is -0.142. The molecule has 6 nitrogen and oxygen atoms in total. The van der Waals surface area contributed by atoms with Gasteiger partial charge in [0.1, 0.15) is 12.7 Å². The van der Waals surface area contributed by atoms with Gasteiger partial charge < -0.3 is 25.0 Å². The minimum absolute atomic E-state index is 0.192. The minimum atomic E-state index is -1.10. The third-order valence-electron chi connectivity index (χ3n) is 1.78. The van der Waals surface area contributed by atoms with Gasteiger partial charge in [0.15, 0.2) is 0 Å². The van der Waals surface area contributed by atoms with Crippen LogP contribution in [0.15, 0.2) is 12.2 Å². The smallest absolute Gasteiger partial charge is 0.451 e. The van der Waals surface area contributed by atoms with Crippen LogP contribution in [0, 0.1) is 0 Å². The van der Waals surface area contributed by atoms with Crippen molar-refractivity contribution in [3.63, 3.8) is 0 Å². The monoisotopic (exact) mass is 262 g/mol. The summed E-state index contributed by atoms with van der Waals surface area (Å²) in [5, 5.41) is 33.5. The standard InChI is InChI=1S/C7H12O4.C4H11BO2/c1-5(2)7(10)11-4-6(9)3-8;1-2-3-4-5(6)7/h6,8-9H,1,3-4H2,2H3;6-7H,2-4H2,1H3. The van der Waals surface area contributed by atoms with E-state index in [4.69, 9.17) is 20.3 Å². The molecule has 0 amide bonds. The third-order valence-corrected chi connectivity index (χ3v) is 1.78. The Morgan fingerprint density at radius 3 is 2.28 bits per heavy atom. The average Bonchev–Trinajstić information content (AvgIpc) is 2.33. The Morgan fingerprint density at radius 1 is 1.44 bits per heavy atom. The summed E-state index contributed by atoms with van der Waals surface area (Å²) < 4.78 is 4.51. The molecule has 0 radical (unpaired) electrons. The van der Waals surface area contributed by atoms with Gasteiger partial charge in [-0.05, 0) is 13.2 Å². The first-order valence-corrected chi connectivity index (χ1v) is 5.82. The number of hydrogen-bond acceptors (Lipinski definition) is 6. The van der Waals surface area contributed by atoms with E-state index in [0.717, 1.165) is 12.8 Å². The summed E-state index contributed by atoms with van der Waals surface area (Å²) in [5.74, 6) is -0.558. The summed E-state index contributed by atoms with van der Waals surface area (Å²) in [6.45, 7) is 6.26. The average molecular weight is 262 g/mol. The van der Waals surface area contributed by atoms with Crippen LogP contribution in [-0.4, -0.2) is 52.7 Å². The fourth-order valence-corrected chi connectivity index (χ4v) is 0.734. The van der Waals surface area contributed by atoms with Gasteiger partial charge in [-0.15, -0.1) is 0 Å². The summed E-state index contributed by atoms with van der Waals surface area (Å²) in [6, 6.07) is 0. The lowest BCUT2D eigenvalue weighted by Crippen LogP contribution is -2.22. The molecule has 0 rings (SSSR count). The molecule has 0 aliphatic carbocycles. The van der Waals surface area contributed by atoms with Crippen molar-refractivity contribution < 1.29 is 29.8 Å². The molecule has 0 aromatic carbocycles. The Labute approximate surface area is 108 Å².